The Hall–Kier alpha value is -0.770. The average molecular weight is 254 g/mol. The summed E-state index contributed by atoms with van der Waals surface area (Å²) in [6.07, 6.45) is 2.61. The second-order valence-electron chi connectivity index (χ2n) is 6.19. The summed E-state index contributed by atoms with van der Waals surface area (Å²) < 4.78 is 5.71. The van der Waals surface area contributed by atoms with Crippen molar-refractivity contribution in [2.24, 2.45) is 23.7 Å². The molecule has 2 rings (SSSR count). The fraction of sp³-hybridized carbons (Fsp3) is 0.929. The average Bonchev–Trinajstić information content (AvgIpc) is 2.85. The van der Waals surface area contributed by atoms with E-state index in [0.717, 1.165) is 32.0 Å². The number of nitrogens with one attached hydrogen (secondary N) is 2. The van der Waals surface area contributed by atoms with Crippen LogP contribution >= 0.6 is 0 Å². The van der Waals surface area contributed by atoms with Gasteiger partial charge in [0.15, 0.2) is 0 Å². The van der Waals surface area contributed by atoms with Gasteiger partial charge in [0.25, 0.3) is 0 Å². The number of carbonyl (C=O) groups excluding carboxylic acids is 1. The normalized spacial score (nSPS) is 34.7. The lowest BCUT2D eigenvalue weighted by atomic mass is 9.93. The molecule has 18 heavy (non-hydrogen) atoms. The van der Waals surface area contributed by atoms with Crippen LogP contribution in [0.25, 0.3) is 0 Å². The SMILES string of the molecule is CC(C)[C@H]1OCC[C@@H]1CNC(=O)NC[C@@H]1C[C@H]1C. The zero-order valence-corrected chi connectivity index (χ0v) is 11.7. The minimum absolute atomic E-state index is 0.0245. The van der Waals surface area contributed by atoms with Crippen LogP contribution in [-0.2, 0) is 4.74 Å². The maximum absolute atomic E-state index is 11.7. The Morgan fingerprint density at radius 3 is 2.44 bits per heavy atom. The Labute approximate surface area is 110 Å². The molecule has 0 bridgehead atoms. The van der Waals surface area contributed by atoms with Crippen LogP contribution in [0.4, 0.5) is 4.79 Å². The Bertz CT molecular complexity index is 294. The van der Waals surface area contributed by atoms with E-state index in [4.69, 9.17) is 4.74 Å². The minimum Gasteiger partial charge on any atom is -0.378 e. The monoisotopic (exact) mass is 254 g/mol. The molecule has 1 saturated heterocycles. The quantitative estimate of drug-likeness (QED) is 0.788. The lowest BCUT2D eigenvalue weighted by Crippen LogP contribution is -2.41. The summed E-state index contributed by atoms with van der Waals surface area (Å²) in [7, 11) is 0. The van der Waals surface area contributed by atoms with Gasteiger partial charge in [0.1, 0.15) is 0 Å². The molecular weight excluding hydrogens is 228 g/mol. The number of hydrogen-bond acceptors (Lipinski definition) is 2. The molecule has 0 aromatic carbocycles. The van der Waals surface area contributed by atoms with Crippen LogP contribution in [0, 0.1) is 23.7 Å². The third kappa shape index (κ3) is 3.61. The first-order valence-electron chi connectivity index (χ1n) is 7.21. The van der Waals surface area contributed by atoms with Gasteiger partial charge in [-0.25, -0.2) is 4.79 Å². The van der Waals surface area contributed by atoms with Crippen molar-refractivity contribution in [1.82, 2.24) is 10.6 Å². The number of ether oxygens (including phenoxy) is 1. The molecule has 2 fully saturated rings. The largest absolute Gasteiger partial charge is 0.378 e. The molecule has 2 N–H and O–H groups in total. The number of hydrogen-bond donors (Lipinski definition) is 2. The molecule has 4 nitrogen and oxygen atoms in total. The maximum Gasteiger partial charge on any atom is 0.314 e. The van der Waals surface area contributed by atoms with Crippen LogP contribution in [0.3, 0.4) is 0 Å². The van der Waals surface area contributed by atoms with Crippen molar-refractivity contribution in [1.29, 1.82) is 0 Å². The van der Waals surface area contributed by atoms with Crippen molar-refractivity contribution in [3.8, 4) is 0 Å². The van der Waals surface area contributed by atoms with E-state index in [-0.39, 0.29) is 6.03 Å². The summed E-state index contributed by atoms with van der Waals surface area (Å²) in [6, 6.07) is -0.0245. The van der Waals surface area contributed by atoms with Gasteiger partial charge >= 0.3 is 6.03 Å². The highest BCUT2D eigenvalue weighted by atomic mass is 16.5. The van der Waals surface area contributed by atoms with E-state index in [0.29, 0.717) is 23.9 Å². The van der Waals surface area contributed by atoms with Crippen molar-refractivity contribution in [2.75, 3.05) is 19.7 Å². The van der Waals surface area contributed by atoms with Crippen molar-refractivity contribution in [3.05, 3.63) is 0 Å². The first kappa shape index (κ1) is 13.7. The molecule has 0 radical (unpaired) electrons. The van der Waals surface area contributed by atoms with E-state index in [2.05, 4.69) is 31.4 Å². The van der Waals surface area contributed by atoms with E-state index in [1.807, 2.05) is 0 Å². The van der Waals surface area contributed by atoms with E-state index >= 15 is 0 Å². The van der Waals surface area contributed by atoms with Crippen LogP contribution in [0.5, 0.6) is 0 Å². The molecule has 0 unspecified atom stereocenters. The van der Waals surface area contributed by atoms with Crippen LogP contribution < -0.4 is 10.6 Å². The van der Waals surface area contributed by atoms with Crippen molar-refractivity contribution >= 4 is 6.03 Å². The first-order chi connectivity index (χ1) is 8.58. The van der Waals surface area contributed by atoms with Crippen LogP contribution in [0.1, 0.15) is 33.6 Å². The van der Waals surface area contributed by atoms with Crippen LogP contribution in [0.2, 0.25) is 0 Å². The zero-order valence-electron chi connectivity index (χ0n) is 11.7. The molecule has 2 aliphatic rings. The Balaban J connectivity index is 1.62. The van der Waals surface area contributed by atoms with Gasteiger partial charge in [0.05, 0.1) is 6.10 Å². The van der Waals surface area contributed by atoms with E-state index < -0.39 is 0 Å². The maximum atomic E-state index is 11.7. The van der Waals surface area contributed by atoms with Crippen LogP contribution in [-0.4, -0.2) is 31.8 Å². The number of rotatable bonds is 5. The van der Waals surface area contributed by atoms with Gasteiger partial charge in [-0.05, 0) is 30.6 Å². The minimum atomic E-state index is -0.0245. The van der Waals surface area contributed by atoms with Gasteiger partial charge in [0.2, 0.25) is 0 Å². The van der Waals surface area contributed by atoms with Gasteiger partial charge in [-0.2, -0.15) is 0 Å². The molecule has 2 amide bonds. The molecule has 0 aromatic rings. The summed E-state index contributed by atoms with van der Waals surface area (Å²) in [5.41, 5.74) is 0. The lowest BCUT2D eigenvalue weighted by Gasteiger charge is -2.22. The van der Waals surface area contributed by atoms with Gasteiger partial charge < -0.3 is 15.4 Å². The lowest BCUT2D eigenvalue weighted by molar-refractivity contribution is 0.0545. The van der Waals surface area contributed by atoms with Gasteiger partial charge in [0, 0.05) is 25.6 Å². The smallest absolute Gasteiger partial charge is 0.314 e. The number of carbonyl (C=O) groups is 1. The standard InChI is InChI=1S/C14H26N2O2/c1-9(2)13-11(4-5-18-13)7-15-14(17)16-8-12-6-10(12)3/h9-13H,4-8H2,1-3H3,(H2,15,16,17)/t10-,11-,12+,13-/m1/s1. The highest BCUT2D eigenvalue weighted by Gasteiger charge is 2.33. The zero-order chi connectivity index (χ0) is 13.1. The first-order valence-corrected chi connectivity index (χ1v) is 7.21. The molecule has 4 heteroatoms. The summed E-state index contributed by atoms with van der Waals surface area (Å²) in [4.78, 5) is 11.7. The van der Waals surface area contributed by atoms with Gasteiger partial charge in [-0.1, -0.05) is 20.8 Å². The fourth-order valence-corrected chi connectivity index (χ4v) is 2.80. The Kier molecular flexibility index (Phi) is 4.49. The molecule has 0 aromatic heterocycles. The summed E-state index contributed by atoms with van der Waals surface area (Å²) >= 11 is 0. The molecule has 1 heterocycles. The molecular formula is C14H26N2O2. The molecule has 4 atom stereocenters. The molecule has 104 valence electrons. The van der Waals surface area contributed by atoms with Crippen molar-refractivity contribution in [2.45, 2.75) is 39.7 Å². The molecule has 1 aliphatic carbocycles. The number of amides is 2. The van der Waals surface area contributed by atoms with E-state index in [1.54, 1.807) is 0 Å². The second kappa shape index (κ2) is 5.91. The van der Waals surface area contributed by atoms with Gasteiger partial charge in [-0.15, -0.1) is 0 Å². The summed E-state index contributed by atoms with van der Waals surface area (Å²) in [5, 5.41) is 5.93. The number of urea groups is 1. The molecule has 0 spiro atoms. The second-order valence-corrected chi connectivity index (χ2v) is 6.19. The third-order valence-corrected chi connectivity index (χ3v) is 4.25. The third-order valence-electron chi connectivity index (χ3n) is 4.25. The molecule has 1 saturated carbocycles. The van der Waals surface area contributed by atoms with Crippen molar-refractivity contribution in [3.63, 3.8) is 0 Å². The Morgan fingerprint density at radius 1 is 1.28 bits per heavy atom. The highest BCUT2D eigenvalue weighted by Crippen LogP contribution is 2.36. The Morgan fingerprint density at radius 2 is 1.89 bits per heavy atom. The van der Waals surface area contributed by atoms with Gasteiger partial charge in [-0.3, -0.25) is 0 Å². The van der Waals surface area contributed by atoms with E-state index in [1.165, 1.54) is 6.42 Å². The summed E-state index contributed by atoms with van der Waals surface area (Å²) in [6.45, 7) is 8.97. The predicted molar refractivity (Wildman–Crippen MR) is 71.4 cm³/mol. The van der Waals surface area contributed by atoms with Crippen LogP contribution in [0.15, 0.2) is 0 Å². The summed E-state index contributed by atoms with van der Waals surface area (Å²) in [5.74, 6) is 2.48. The predicted octanol–water partition coefficient (Wildman–Crippen LogP) is 2.00. The topological polar surface area (TPSA) is 50.4 Å². The van der Waals surface area contributed by atoms with E-state index in [9.17, 15) is 4.79 Å². The van der Waals surface area contributed by atoms with Crippen molar-refractivity contribution < 1.29 is 9.53 Å². The fourth-order valence-electron chi connectivity index (χ4n) is 2.80. The molecule has 1 aliphatic heterocycles. The highest BCUT2D eigenvalue weighted by molar-refractivity contribution is 5.73.